The summed E-state index contributed by atoms with van der Waals surface area (Å²) in [5.41, 5.74) is 0. The first-order chi connectivity index (χ1) is 8.58. The molecule has 0 saturated heterocycles. The van der Waals surface area contributed by atoms with Crippen LogP contribution in [0.25, 0.3) is 0 Å². The van der Waals surface area contributed by atoms with E-state index in [1.807, 2.05) is 0 Å². The van der Waals surface area contributed by atoms with Gasteiger partial charge in [-0.1, -0.05) is 35.3 Å². The van der Waals surface area contributed by atoms with Crippen molar-refractivity contribution in [3.05, 3.63) is 40.5 Å². The van der Waals surface area contributed by atoms with E-state index in [0.717, 1.165) is 0 Å². The Morgan fingerprint density at radius 2 is 1.94 bits per heavy atom. The standard InChI is InChI=1S/C11H8Cl2N2O2S/c1-18(16)9-5-3-2-4-8(9)17-11-7(12)6-10(13)14-15-11/h2-6H,1H3. The van der Waals surface area contributed by atoms with E-state index in [1.165, 1.54) is 6.07 Å². The van der Waals surface area contributed by atoms with E-state index in [4.69, 9.17) is 27.9 Å². The SMILES string of the molecule is CS(=O)c1ccccc1Oc1nnc(Cl)cc1Cl. The molecular weight excluding hydrogens is 295 g/mol. The normalized spacial score (nSPS) is 12.2. The maximum atomic E-state index is 11.5. The van der Waals surface area contributed by atoms with E-state index in [2.05, 4.69) is 10.2 Å². The number of rotatable bonds is 3. The molecule has 1 aromatic heterocycles. The zero-order valence-electron chi connectivity index (χ0n) is 9.26. The van der Waals surface area contributed by atoms with Crippen LogP contribution in [-0.4, -0.2) is 20.7 Å². The molecule has 0 N–H and O–H groups in total. The van der Waals surface area contributed by atoms with E-state index in [0.29, 0.717) is 10.6 Å². The van der Waals surface area contributed by atoms with Gasteiger partial charge < -0.3 is 4.74 Å². The van der Waals surface area contributed by atoms with Gasteiger partial charge in [-0.05, 0) is 12.1 Å². The predicted octanol–water partition coefficient (Wildman–Crippen LogP) is 3.31. The Morgan fingerprint density at radius 3 is 2.61 bits per heavy atom. The van der Waals surface area contributed by atoms with Gasteiger partial charge >= 0.3 is 0 Å². The molecule has 1 atom stereocenters. The summed E-state index contributed by atoms with van der Waals surface area (Å²) in [5, 5.41) is 7.80. The highest BCUT2D eigenvalue weighted by Gasteiger charge is 2.11. The number of para-hydroxylation sites is 1. The highest BCUT2D eigenvalue weighted by Crippen LogP contribution is 2.30. The van der Waals surface area contributed by atoms with E-state index in [-0.39, 0.29) is 16.1 Å². The van der Waals surface area contributed by atoms with E-state index < -0.39 is 10.8 Å². The molecule has 0 aliphatic heterocycles. The van der Waals surface area contributed by atoms with Gasteiger partial charge in [-0.3, -0.25) is 4.21 Å². The molecule has 94 valence electrons. The summed E-state index contributed by atoms with van der Waals surface area (Å²) in [7, 11) is -1.17. The van der Waals surface area contributed by atoms with Crippen molar-refractivity contribution in [1.82, 2.24) is 10.2 Å². The van der Waals surface area contributed by atoms with Crippen LogP contribution >= 0.6 is 23.2 Å². The van der Waals surface area contributed by atoms with Crippen molar-refractivity contribution in [2.24, 2.45) is 0 Å². The van der Waals surface area contributed by atoms with Crippen molar-refractivity contribution >= 4 is 34.0 Å². The first kappa shape index (κ1) is 13.3. The second-order valence-corrected chi connectivity index (χ2v) is 5.47. The van der Waals surface area contributed by atoms with Crippen molar-refractivity contribution < 1.29 is 8.95 Å². The van der Waals surface area contributed by atoms with Crippen molar-refractivity contribution in [3.63, 3.8) is 0 Å². The molecule has 0 amide bonds. The lowest BCUT2D eigenvalue weighted by atomic mass is 10.3. The van der Waals surface area contributed by atoms with Crippen LogP contribution in [0.2, 0.25) is 10.2 Å². The zero-order chi connectivity index (χ0) is 13.1. The summed E-state index contributed by atoms with van der Waals surface area (Å²) >= 11 is 11.6. The largest absolute Gasteiger partial charge is 0.435 e. The molecule has 2 rings (SSSR count). The number of benzene rings is 1. The molecule has 18 heavy (non-hydrogen) atoms. The molecule has 1 aromatic carbocycles. The van der Waals surface area contributed by atoms with E-state index >= 15 is 0 Å². The van der Waals surface area contributed by atoms with Gasteiger partial charge in [0.15, 0.2) is 5.15 Å². The Labute approximate surface area is 116 Å². The topological polar surface area (TPSA) is 52.1 Å². The third-order valence-electron chi connectivity index (χ3n) is 2.05. The zero-order valence-corrected chi connectivity index (χ0v) is 11.6. The molecule has 4 nitrogen and oxygen atoms in total. The number of halogens is 2. The van der Waals surface area contributed by atoms with E-state index in [1.54, 1.807) is 30.5 Å². The van der Waals surface area contributed by atoms with Gasteiger partial charge in [0.05, 0.1) is 15.7 Å². The van der Waals surface area contributed by atoms with Gasteiger partial charge in [-0.15, -0.1) is 10.2 Å². The van der Waals surface area contributed by atoms with Gasteiger partial charge in [0.1, 0.15) is 10.8 Å². The van der Waals surface area contributed by atoms with Gasteiger partial charge in [0.25, 0.3) is 5.88 Å². The average Bonchev–Trinajstić information content (AvgIpc) is 2.33. The molecule has 0 aliphatic rings. The maximum absolute atomic E-state index is 11.5. The molecule has 1 unspecified atom stereocenters. The Hall–Kier alpha value is -1.17. The third-order valence-corrected chi connectivity index (χ3v) is 3.46. The number of nitrogens with zero attached hydrogens (tertiary/aromatic N) is 2. The predicted molar refractivity (Wildman–Crippen MR) is 70.9 cm³/mol. The van der Waals surface area contributed by atoms with Gasteiger partial charge in [-0.2, -0.15) is 0 Å². The molecule has 0 spiro atoms. The fourth-order valence-corrected chi connectivity index (χ4v) is 2.33. The second-order valence-electron chi connectivity index (χ2n) is 3.32. The number of hydrogen-bond donors (Lipinski definition) is 0. The minimum Gasteiger partial charge on any atom is -0.435 e. The molecule has 0 radical (unpaired) electrons. The van der Waals surface area contributed by atoms with Crippen molar-refractivity contribution in [1.29, 1.82) is 0 Å². The van der Waals surface area contributed by atoms with Crippen LogP contribution in [0.3, 0.4) is 0 Å². The minimum atomic E-state index is -1.17. The average molecular weight is 303 g/mol. The lowest BCUT2D eigenvalue weighted by Crippen LogP contribution is -1.96. The highest BCUT2D eigenvalue weighted by atomic mass is 35.5. The fourth-order valence-electron chi connectivity index (χ4n) is 1.28. The van der Waals surface area contributed by atoms with Crippen LogP contribution in [-0.2, 0) is 10.8 Å². The van der Waals surface area contributed by atoms with Crippen molar-refractivity contribution in [2.75, 3.05) is 6.26 Å². The lowest BCUT2D eigenvalue weighted by Gasteiger charge is -2.08. The minimum absolute atomic E-state index is 0.124. The number of ether oxygens (including phenoxy) is 1. The molecule has 0 fully saturated rings. The van der Waals surface area contributed by atoms with Crippen molar-refractivity contribution in [3.8, 4) is 11.6 Å². The first-order valence-corrected chi connectivity index (χ1v) is 7.18. The second kappa shape index (κ2) is 5.65. The summed E-state index contributed by atoms with van der Waals surface area (Å²) in [6.45, 7) is 0. The number of aromatic nitrogens is 2. The van der Waals surface area contributed by atoms with Crippen LogP contribution in [0, 0.1) is 0 Å². The molecule has 2 aromatic rings. The molecule has 0 aliphatic carbocycles. The first-order valence-electron chi connectivity index (χ1n) is 4.87. The molecule has 1 heterocycles. The Bertz CT molecular complexity index is 607. The summed E-state index contributed by atoms with van der Waals surface area (Å²) in [6, 6.07) is 8.37. The maximum Gasteiger partial charge on any atom is 0.257 e. The smallest absolute Gasteiger partial charge is 0.257 e. The third kappa shape index (κ3) is 2.98. The monoisotopic (exact) mass is 302 g/mol. The Morgan fingerprint density at radius 1 is 1.22 bits per heavy atom. The molecule has 0 bridgehead atoms. The van der Waals surface area contributed by atoms with Crippen LogP contribution in [0.4, 0.5) is 0 Å². The summed E-state index contributed by atoms with van der Waals surface area (Å²) < 4.78 is 17.0. The van der Waals surface area contributed by atoms with Crippen LogP contribution in [0.5, 0.6) is 11.6 Å². The van der Waals surface area contributed by atoms with E-state index in [9.17, 15) is 4.21 Å². The Balaban J connectivity index is 2.37. The van der Waals surface area contributed by atoms with Gasteiger partial charge in [0, 0.05) is 12.3 Å². The molecule has 7 heteroatoms. The summed E-state index contributed by atoms with van der Waals surface area (Å²) in [4.78, 5) is 0.560. The van der Waals surface area contributed by atoms with Crippen LogP contribution in [0.15, 0.2) is 35.2 Å². The fraction of sp³-hybridized carbons (Fsp3) is 0.0909. The van der Waals surface area contributed by atoms with Crippen LogP contribution in [0.1, 0.15) is 0 Å². The Kier molecular flexibility index (Phi) is 4.16. The van der Waals surface area contributed by atoms with Crippen LogP contribution < -0.4 is 4.74 Å². The quantitative estimate of drug-likeness (QED) is 0.873. The van der Waals surface area contributed by atoms with Gasteiger partial charge in [-0.25, -0.2) is 0 Å². The van der Waals surface area contributed by atoms with Crippen molar-refractivity contribution in [2.45, 2.75) is 4.90 Å². The lowest BCUT2D eigenvalue weighted by molar-refractivity contribution is 0.444. The number of hydrogen-bond acceptors (Lipinski definition) is 4. The molecule has 0 saturated carbocycles. The summed E-state index contributed by atoms with van der Waals surface area (Å²) in [6.07, 6.45) is 1.57. The summed E-state index contributed by atoms with van der Waals surface area (Å²) in [5.74, 6) is 0.552. The molecular formula is C11H8Cl2N2O2S. The highest BCUT2D eigenvalue weighted by molar-refractivity contribution is 7.84. The van der Waals surface area contributed by atoms with Gasteiger partial charge in [0.2, 0.25) is 0 Å².